The number of thiocarbonyl (C=S) groups is 1. The molecule has 0 aliphatic carbocycles. The van der Waals surface area contributed by atoms with Gasteiger partial charge in [-0.15, -0.1) is 0 Å². The molecule has 0 aliphatic heterocycles. The molecule has 16 heavy (non-hydrogen) atoms. The van der Waals surface area contributed by atoms with Gasteiger partial charge in [-0.05, 0) is 36.8 Å². The van der Waals surface area contributed by atoms with Crippen LogP contribution in [-0.2, 0) is 0 Å². The Morgan fingerprint density at radius 3 is 2.88 bits per heavy atom. The van der Waals surface area contributed by atoms with Gasteiger partial charge in [-0.3, -0.25) is 0 Å². The maximum Gasteiger partial charge on any atom is 0.170 e. The Hall–Kier alpha value is -1.33. The summed E-state index contributed by atoms with van der Waals surface area (Å²) in [6, 6.07) is 5.80. The number of rotatable bonds is 4. The van der Waals surface area contributed by atoms with Crippen molar-refractivity contribution in [3.63, 3.8) is 0 Å². The largest absolute Gasteiger partial charge is 0.495 e. The third-order valence-corrected chi connectivity index (χ3v) is 2.25. The number of anilines is 1. The first-order chi connectivity index (χ1) is 7.67. The van der Waals surface area contributed by atoms with E-state index in [2.05, 4.69) is 10.6 Å². The Labute approximate surface area is 101 Å². The topological polar surface area (TPSA) is 53.5 Å². The van der Waals surface area contributed by atoms with Crippen LogP contribution in [0.1, 0.15) is 5.56 Å². The molecule has 0 saturated carbocycles. The molecule has 0 spiro atoms. The van der Waals surface area contributed by atoms with Gasteiger partial charge in [0.1, 0.15) is 5.75 Å². The van der Waals surface area contributed by atoms with Crippen LogP contribution < -0.4 is 15.4 Å². The minimum Gasteiger partial charge on any atom is -0.495 e. The third-order valence-electron chi connectivity index (χ3n) is 2.00. The molecule has 0 amide bonds. The predicted molar refractivity (Wildman–Crippen MR) is 69.0 cm³/mol. The fourth-order valence-electron chi connectivity index (χ4n) is 1.26. The van der Waals surface area contributed by atoms with Gasteiger partial charge in [-0.2, -0.15) is 0 Å². The molecule has 0 unspecified atom stereocenters. The standard InChI is InChI=1S/C11H16N2O2S/c1-8-3-4-10(15-2)9(7-8)13-11(16)12-5-6-14/h3-4,7,14H,5-6H2,1-2H3,(H2,12,13,16). The van der Waals surface area contributed by atoms with E-state index in [0.717, 1.165) is 17.0 Å². The lowest BCUT2D eigenvalue weighted by molar-refractivity contribution is 0.300. The van der Waals surface area contributed by atoms with Gasteiger partial charge in [0.05, 0.1) is 19.4 Å². The van der Waals surface area contributed by atoms with Gasteiger partial charge in [-0.1, -0.05) is 6.07 Å². The number of hydrogen-bond donors (Lipinski definition) is 3. The van der Waals surface area contributed by atoms with Crippen LogP contribution >= 0.6 is 12.2 Å². The van der Waals surface area contributed by atoms with E-state index in [9.17, 15) is 0 Å². The number of nitrogens with one attached hydrogen (secondary N) is 2. The molecule has 4 nitrogen and oxygen atoms in total. The predicted octanol–water partition coefficient (Wildman–Crippen LogP) is 1.28. The molecule has 0 fully saturated rings. The Bertz CT molecular complexity index is 369. The molecule has 0 radical (unpaired) electrons. The first-order valence-corrected chi connectivity index (χ1v) is 5.38. The lowest BCUT2D eigenvalue weighted by Gasteiger charge is -2.13. The Balaban J connectivity index is 2.71. The summed E-state index contributed by atoms with van der Waals surface area (Å²) >= 11 is 5.06. The summed E-state index contributed by atoms with van der Waals surface area (Å²) in [5.41, 5.74) is 1.94. The van der Waals surface area contributed by atoms with Gasteiger partial charge in [-0.25, -0.2) is 0 Å². The van der Waals surface area contributed by atoms with Crippen LogP contribution in [0.2, 0.25) is 0 Å². The molecule has 0 bridgehead atoms. The van der Waals surface area contributed by atoms with Crippen molar-refractivity contribution < 1.29 is 9.84 Å². The summed E-state index contributed by atoms with van der Waals surface area (Å²) < 4.78 is 5.21. The molecule has 5 heteroatoms. The van der Waals surface area contributed by atoms with Crippen LogP contribution in [0.25, 0.3) is 0 Å². The van der Waals surface area contributed by atoms with Crippen molar-refractivity contribution in [3.8, 4) is 5.75 Å². The second-order valence-electron chi connectivity index (χ2n) is 3.31. The molecule has 0 saturated heterocycles. The highest BCUT2D eigenvalue weighted by molar-refractivity contribution is 7.80. The molecule has 0 aliphatic rings. The van der Waals surface area contributed by atoms with Gasteiger partial charge in [0.2, 0.25) is 0 Å². The van der Waals surface area contributed by atoms with Gasteiger partial charge >= 0.3 is 0 Å². The number of aryl methyl sites for hydroxylation is 1. The Morgan fingerprint density at radius 2 is 2.25 bits per heavy atom. The third kappa shape index (κ3) is 3.67. The second kappa shape index (κ2) is 6.30. The molecular formula is C11H16N2O2S. The maximum atomic E-state index is 8.65. The quantitative estimate of drug-likeness (QED) is 0.692. The number of benzene rings is 1. The number of aliphatic hydroxyl groups excluding tert-OH is 1. The van der Waals surface area contributed by atoms with Crippen LogP contribution in [0.4, 0.5) is 5.69 Å². The van der Waals surface area contributed by atoms with E-state index < -0.39 is 0 Å². The minimum absolute atomic E-state index is 0.0484. The second-order valence-corrected chi connectivity index (χ2v) is 3.72. The summed E-state index contributed by atoms with van der Waals surface area (Å²) in [5.74, 6) is 0.735. The lowest BCUT2D eigenvalue weighted by Crippen LogP contribution is -2.30. The van der Waals surface area contributed by atoms with E-state index >= 15 is 0 Å². The normalized spacial score (nSPS) is 9.69. The molecule has 3 N–H and O–H groups in total. The minimum atomic E-state index is 0.0484. The van der Waals surface area contributed by atoms with Gasteiger partial charge in [0.15, 0.2) is 5.11 Å². The fraction of sp³-hybridized carbons (Fsp3) is 0.364. The van der Waals surface area contributed by atoms with Crippen molar-refractivity contribution in [1.29, 1.82) is 0 Å². The van der Waals surface area contributed by atoms with Crippen molar-refractivity contribution in [1.82, 2.24) is 5.32 Å². The molecule has 1 aromatic carbocycles. The molecule has 1 aromatic rings. The SMILES string of the molecule is COc1ccc(C)cc1NC(=S)NCCO. The van der Waals surface area contributed by atoms with Gasteiger partial charge < -0.3 is 20.5 Å². The summed E-state index contributed by atoms with van der Waals surface area (Å²) in [5, 5.41) is 15.0. The smallest absolute Gasteiger partial charge is 0.170 e. The highest BCUT2D eigenvalue weighted by Gasteiger charge is 2.04. The van der Waals surface area contributed by atoms with Gasteiger partial charge in [0.25, 0.3) is 0 Å². The number of hydrogen-bond acceptors (Lipinski definition) is 3. The first kappa shape index (κ1) is 12.7. The summed E-state index contributed by atoms with van der Waals surface area (Å²) in [7, 11) is 1.61. The maximum absolute atomic E-state index is 8.65. The highest BCUT2D eigenvalue weighted by Crippen LogP contribution is 2.24. The van der Waals surface area contributed by atoms with Crippen LogP contribution in [0.3, 0.4) is 0 Å². The Morgan fingerprint density at radius 1 is 1.50 bits per heavy atom. The molecular weight excluding hydrogens is 224 g/mol. The van der Waals surface area contributed by atoms with E-state index in [0.29, 0.717) is 11.7 Å². The molecule has 88 valence electrons. The summed E-state index contributed by atoms with van der Waals surface area (Å²) in [6.07, 6.45) is 0. The van der Waals surface area contributed by atoms with Crippen LogP contribution in [-0.4, -0.2) is 30.5 Å². The van der Waals surface area contributed by atoms with Crippen molar-refractivity contribution in [2.75, 3.05) is 25.6 Å². The van der Waals surface area contributed by atoms with E-state index in [1.54, 1.807) is 7.11 Å². The first-order valence-electron chi connectivity index (χ1n) is 4.97. The monoisotopic (exact) mass is 240 g/mol. The van der Waals surface area contributed by atoms with Crippen molar-refractivity contribution in [2.45, 2.75) is 6.92 Å². The molecule has 0 aromatic heterocycles. The number of methoxy groups -OCH3 is 1. The average molecular weight is 240 g/mol. The van der Waals surface area contributed by atoms with Crippen molar-refractivity contribution >= 4 is 23.0 Å². The van der Waals surface area contributed by atoms with Crippen molar-refractivity contribution in [2.24, 2.45) is 0 Å². The van der Waals surface area contributed by atoms with Crippen LogP contribution in [0.5, 0.6) is 5.75 Å². The van der Waals surface area contributed by atoms with E-state index in [1.165, 1.54) is 0 Å². The van der Waals surface area contributed by atoms with Crippen LogP contribution in [0.15, 0.2) is 18.2 Å². The average Bonchev–Trinajstić information content (AvgIpc) is 2.27. The highest BCUT2D eigenvalue weighted by atomic mass is 32.1. The lowest BCUT2D eigenvalue weighted by atomic mass is 10.2. The molecule has 0 heterocycles. The van der Waals surface area contributed by atoms with Crippen LogP contribution in [0, 0.1) is 6.92 Å². The molecule has 1 rings (SSSR count). The number of aliphatic hydroxyl groups is 1. The summed E-state index contributed by atoms with van der Waals surface area (Å²) in [4.78, 5) is 0. The van der Waals surface area contributed by atoms with E-state index in [4.69, 9.17) is 22.1 Å². The molecule has 0 atom stereocenters. The van der Waals surface area contributed by atoms with Gasteiger partial charge in [0, 0.05) is 6.54 Å². The van der Waals surface area contributed by atoms with E-state index in [1.807, 2.05) is 25.1 Å². The Kier molecular flexibility index (Phi) is 5.01. The zero-order chi connectivity index (χ0) is 12.0. The zero-order valence-electron chi connectivity index (χ0n) is 9.41. The fourth-order valence-corrected chi connectivity index (χ4v) is 1.47. The zero-order valence-corrected chi connectivity index (χ0v) is 10.2. The van der Waals surface area contributed by atoms with E-state index in [-0.39, 0.29) is 6.61 Å². The summed E-state index contributed by atoms with van der Waals surface area (Å²) in [6.45, 7) is 2.47. The van der Waals surface area contributed by atoms with Crippen molar-refractivity contribution in [3.05, 3.63) is 23.8 Å². The number of ether oxygens (including phenoxy) is 1.